The van der Waals surface area contributed by atoms with Crippen molar-refractivity contribution in [2.24, 2.45) is 0 Å². The molecular weight excluding hydrogens is 196 g/mol. The molecular formula is C14H20N2. The average Bonchev–Trinajstić information content (AvgIpc) is 2.29. The lowest BCUT2D eigenvalue weighted by molar-refractivity contribution is 0.299. The number of benzene rings is 1. The molecule has 0 aromatic heterocycles. The second kappa shape index (κ2) is 4.69. The summed E-state index contributed by atoms with van der Waals surface area (Å²) in [6.07, 6.45) is 3.34. The molecule has 0 amide bonds. The van der Waals surface area contributed by atoms with Crippen molar-refractivity contribution in [2.75, 3.05) is 6.54 Å². The summed E-state index contributed by atoms with van der Waals surface area (Å²) in [5.74, 6) is 0.807. The summed E-state index contributed by atoms with van der Waals surface area (Å²) in [4.78, 5) is 2.24. The smallest absolute Gasteiger partial charge is 0.0962 e. The van der Waals surface area contributed by atoms with E-state index < -0.39 is 0 Å². The van der Waals surface area contributed by atoms with Crippen LogP contribution >= 0.6 is 0 Å². The Morgan fingerprint density at radius 1 is 1.25 bits per heavy atom. The van der Waals surface area contributed by atoms with Gasteiger partial charge in [-0.1, -0.05) is 24.3 Å². The maximum atomic E-state index is 8.02. The summed E-state index contributed by atoms with van der Waals surface area (Å²) in [6, 6.07) is 8.84. The Morgan fingerprint density at radius 3 is 2.69 bits per heavy atom. The lowest BCUT2D eigenvalue weighted by Gasteiger charge is -2.35. The zero-order chi connectivity index (χ0) is 11.5. The number of likely N-dealkylation sites (tertiary alicyclic amines) is 1. The van der Waals surface area contributed by atoms with Crippen LogP contribution in [0.2, 0.25) is 0 Å². The standard InChI is InChI=1S/C14H20N2/c1-11-7-3-4-8-13(11)12(2)16-10-6-5-9-14(16)15/h3-4,7-8,12,15H,5-6,9-10H2,1-2H3. The molecule has 0 bridgehead atoms. The van der Waals surface area contributed by atoms with Crippen molar-refractivity contribution in [3.63, 3.8) is 0 Å². The van der Waals surface area contributed by atoms with Crippen LogP contribution in [0.5, 0.6) is 0 Å². The molecule has 1 unspecified atom stereocenters. The van der Waals surface area contributed by atoms with Gasteiger partial charge < -0.3 is 4.90 Å². The van der Waals surface area contributed by atoms with Gasteiger partial charge in [0.15, 0.2) is 0 Å². The third-order valence-corrected chi connectivity index (χ3v) is 3.52. The van der Waals surface area contributed by atoms with Crippen molar-refractivity contribution in [3.8, 4) is 0 Å². The Bertz CT molecular complexity index is 384. The lowest BCUT2D eigenvalue weighted by atomic mass is 9.99. The van der Waals surface area contributed by atoms with Crippen molar-refractivity contribution < 1.29 is 0 Å². The van der Waals surface area contributed by atoms with Crippen molar-refractivity contribution in [1.29, 1.82) is 5.41 Å². The van der Waals surface area contributed by atoms with Crippen LogP contribution in [-0.2, 0) is 0 Å². The second-order valence-electron chi connectivity index (χ2n) is 4.63. The van der Waals surface area contributed by atoms with Crippen molar-refractivity contribution in [1.82, 2.24) is 4.90 Å². The molecule has 1 heterocycles. The third-order valence-electron chi connectivity index (χ3n) is 3.52. The minimum atomic E-state index is 0.342. The minimum Gasteiger partial charge on any atom is -0.354 e. The summed E-state index contributed by atoms with van der Waals surface area (Å²) in [7, 11) is 0. The van der Waals surface area contributed by atoms with Gasteiger partial charge in [-0.05, 0) is 37.8 Å². The van der Waals surface area contributed by atoms with Crippen LogP contribution in [0.25, 0.3) is 0 Å². The second-order valence-corrected chi connectivity index (χ2v) is 4.63. The molecule has 1 aromatic rings. The Labute approximate surface area is 97.8 Å². The summed E-state index contributed by atoms with van der Waals surface area (Å²) < 4.78 is 0. The van der Waals surface area contributed by atoms with Gasteiger partial charge in [0, 0.05) is 13.0 Å². The van der Waals surface area contributed by atoms with Crippen LogP contribution in [0.1, 0.15) is 43.4 Å². The van der Waals surface area contributed by atoms with Gasteiger partial charge in [-0.3, -0.25) is 5.41 Å². The molecule has 2 nitrogen and oxygen atoms in total. The van der Waals surface area contributed by atoms with E-state index in [2.05, 4.69) is 43.0 Å². The monoisotopic (exact) mass is 216 g/mol. The highest BCUT2D eigenvalue weighted by Gasteiger charge is 2.22. The number of aryl methyl sites for hydroxylation is 1. The number of amidine groups is 1. The van der Waals surface area contributed by atoms with E-state index in [1.54, 1.807) is 0 Å². The van der Waals surface area contributed by atoms with Crippen LogP contribution in [-0.4, -0.2) is 17.3 Å². The van der Waals surface area contributed by atoms with Crippen molar-refractivity contribution in [2.45, 2.75) is 39.2 Å². The average molecular weight is 216 g/mol. The number of nitrogens with one attached hydrogen (secondary N) is 1. The first kappa shape index (κ1) is 11.2. The van der Waals surface area contributed by atoms with Gasteiger partial charge >= 0.3 is 0 Å². The zero-order valence-corrected chi connectivity index (χ0v) is 10.2. The third kappa shape index (κ3) is 2.11. The summed E-state index contributed by atoms with van der Waals surface area (Å²) >= 11 is 0. The predicted octanol–water partition coefficient (Wildman–Crippen LogP) is 3.52. The normalized spacial score (nSPS) is 18.6. The van der Waals surface area contributed by atoms with Crippen LogP contribution in [0.3, 0.4) is 0 Å². The topological polar surface area (TPSA) is 27.1 Å². The first-order chi connectivity index (χ1) is 7.70. The number of rotatable bonds is 2. The molecule has 1 N–H and O–H groups in total. The maximum absolute atomic E-state index is 8.02. The summed E-state index contributed by atoms with van der Waals surface area (Å²) in [5, 5.41) is 8.02. The number of hydrogen-bond donors (Lipinski definition) is 1. The fourth-order valence-corrected chi connectivity index (χ4v) is 2.50. The van der Waals surface area contributed by atoms with Crippen LogP contribution in [0, 0.1) is 12.3 Å². The Morgan fingerprint density at radius 2 is 2.00 bits per heavy atom. The van der Waals surface area contributed by atoms with E-state index in [9.17, 15) is 0 Å². The fraction of sp³-hybridized carbons (Fsp3) is 0.500. The molecule has 86 valence electrons. The van der Waals surface area contributed by atoms with Gasteiger partial charge in [-0.25, -0.2) is 0 Å². The summed E-state index contributed by atoms with van der Waals surface area (Å²) in [6.45, 7) is 5.40. The predicted molar refractivity (Wildman–Crippen MR) is 67.9 cm³/mol. The van der Waals surface area contributed by atoms with E-state index in [1.807, 2.05) is 0 Å². The molecule has 1 aliphatic heterocycles. The van der Waals surface area contributed by atoms with Gasteiger partial charge in [0.2, 0.25) is 0 Å². The zero-order valence-electron chi connectivity index (χ0n) is 10.2. The molecule has 1 saturated heterocycles. The Kier molecular flexibility index (Phi) is 3.28. The quantitative estimate of drug-likeness (QED) is 0.804. The molecule has 1 fully saturated rings. The molecule has 16 heavy (non-hydrogen) atoms. The molecule has 2 heteroatoms. The summed E-state index contributed by atoms with van der Waals surface area (Å²) in [5.41, 5.74) is 2.68. The highest BCUT2D eigenvalue weighted by atomic mass is 15.2. The van der Waals surface area contributed by atoms with E-state index in [0.29, 0.717) is 6.04 Å². The lowest BCUT2D eigenvalue weighted by Crippen LogP contribution is -2.37. The maximum Gasteiger partial charge on any atom is 0.0962 e. The molecule has 0 spiro atoms. The number of piperidine rings is 1. The molecule has 0 aliphatic carbocycles. The van der Waals surface area contributed by atoms with E-state index in [4.69, 9.17) is 5.41 Å². The van der Waals surface area contributed by atoms with Gasteiger partial charge in [-0.15, -0.1) is 0 Å². The number of hydrogen-bond acceptors (Lipinski definition) is 1. The van der Waals surface area contributed by atoms with Crippen molar-refractivity contribution in [3.05, 3.63) is 35.4 Å². The Balaban J connectivity index is 2.21. The van der Waals surface area contributed by atoms with Crippen LogP contribution < -0.4 is 0 Å². The highest BCUT2D eigenvalue weighted by molar-refractivity contribution is 5.80. The van der Waals surface area contributed by atoms with Gasteiger partial charge in [0.25, 0.3) is 0 Å². The van der Waals surface area contributed by atoms with Crippen molar-refractivity contribution >= 4 is 5.84 Å². The first-order valence-electron chi connectivity index (χ1n) is 6.09. The van der Waals surface area contributed by atoms with Crippen LogP contribution in [0.4, 0.5) is 0 Å². The minimum absolute atomic E-state index is 0.342. The molecule has 0 saturated carbocycles. The largest absolute Gasteiger partial charge is 0.354 e. The van der Waals surface area contributed by atoms with Gasteiger partial charge in [-0.2, -0.15) is 0 Å². The van der Waals surface area contributed by atoms with Crippen LogP contribution in [0.15, 0.2) is 24.3 Å². The molecule has 0 radical (unpaired) electrons. The Hall–Kier alpha value is -1.31. The molecule has 1 atom stereocenters. The first-order valence-corrected chi connectivity index (χ1v) is 6.09. The van der Waals surface area contributed by atoms with E-state index in [-0.39, 0.29) is 0 Å². The number of nitrogens with zero attached hydrogens (tertiary/aromatic N) is 1. The van der Waals surface area contributed by atoms with E-state index in [1.165, 1.54) is 24.0 Å². The van der Waals surface area contributed by atoms with E-state index >= 15 is 0 Å². The van der Waals surface area contributed by atoms with E-state index in [0.717, 1.165) is 18.8 Å². The molecule has 1 aromatic carbocycles. The molecule has 2 rings (SSSR count). The molecule has 1 aliphatic rings. The van der Waals surface area contributed by atoms with Gasteiger partial charge in [0.05, 0.1) is 11.9 Å². The fourth-order valence-electron chi connectivity index (χ4n) is 2.50. The SMILES string of the molecule is Cc1ccccc1C(C)N1CCCCC1=N. The van der Waals surface area contributed by atoms with Gasteiger partial charge in [0.1, 0.15) is 0 Å². The highest BCUT2D eigenvalue weighted by Crippen LogP contribution is 2.26.